The van der Waals surface area contributed by atoms with Crippen molar-refractivity contribution in [3.8, 4) is 0 Å². The summed E-state index contributed by atoms with van der Waals surface area (Å²) in [5.74, 6) is -0.418. The van der Waals surface area contributed by atoms with Crippen molar-refractivity contribution in [3.05, 3.63) is 69.8 Å². The SMILES string of the molecule is O=C(Nc1cccc(C(=O)N2CCCCC2)c1)c1ccc([N+](=O)[O-])cc1. The average molecular weight is 353 g/mol. The van der Waals surface area contributed by atoms with Crippen molar-refractivity contribution in [2.75, 3.05) is 18.4 Å². The number of rotatable bonds is 4. The zero-order chi connectivity index (χ0) is 18.5. The number of hydrogen-bond acceptors (Lipinski definition) is 4. The molecule has 26 heavy (non-hydrogen) atoms. The molecule has 0 bridgehead atoms. The summed E-state index contributed by atoms with van der Waals surface area (Å²) in [6.45, 7) is 1.52. The van der Waals surface area contributed by atoms with Crippen molar-refractivity contribution in [1.29, 1.82) is 0 Å². The van der Waals surface area contributed by atoms with Gasteiger partial charge in [0.15, 0.2) is 0 Å². The Bertz CT molecular complexity index is 827. The molecule has 0 aliphatic carbocycles. The van der Waals surface area contributed by atoms with Crippen LogP contribution < -0.4 is 5.32 Å². The topological polar surface area (TPSA) is 92.6 Å². The molecule has 1 aliphatic heterocycles. The molecule has 1 saturated heterocycles. The Labute approximate surface area is 150 Å². The summed E-state index contributed by atoms with van der Waals surface area (Å²) in [6.07, 6.45) is 3.18. The third kappa shape index (κ3) is 4.05. The van der Waals surface area contributed by atoms with Crippen LogP contribution in [0.5, 0.6) is 0 Å². The average Bonchev–Trinajstić information content (AvgIpc) is 2.68. The summed E-state index contributed by atoms with van der Waals surface area (Å²) in [7, 11) is 0. The highest BCUT2D eigenvalue weighted by atomic mass is 16.6. The maximum atomic E-state index is 12.6. The fourth-order valence-corrected chi connectivity index (χ4v) is 2.95. The maximum absolute atomic E-state index is 12.6. The molecule has 0 atom stereocenters. The lowest BCUT2D eigenvalue weighted by Gasteiger charge is -2.26. The third-order valence-corrected chi connectivity index (χ3v) is 4.35. The Kier molecular flexibility index (Phi) is 5.26. The van der Waals surface area contributed by atoms with E-state index in [2.05, 4.69) is 5.32 Å². The molecular weight excluding hydrogens is 334 g/mol. The highest BCUT2D eigenvalue weighted by molar-refractivity contribution is 6.05. The van der Waals surface area contributed by atoms with E-state index < -0.39 is 4.92 Å². The molecule has 134 valence electrons. The summed E-state index contributed by atoms with van der Waals surface area (Å²) in [6, 6.07) is 12.2. The third-order valence-electron chi connectivity index (χ3n) is 4.35. The van der Waals surface area contributed by atoms with E-state index in [0.29, 0.717) is 16.8 Å². The Hall–Kier alpha value is -3.22. The molecule has 1 aliphatic rings. The van der Waals surface area contributed by atoms with Gasteiger partial charge in [0, 0.05) is 42.0 Å². The van der Waals surface area contributed by atoms with Crippen molar-refractivity contribution < 1.29 is 14.5 Å². The number of non-ortho nitro benzene ring substituents is 1. The lowest BCUT2D eigenvalue weighted by molar-refractivity contribution is -0.384. The fraction of sp³-hybridized carbons (Fsp3) is 0.263. The van der Waals surface area contributed by atoms with Gasteiger partial charge in [-0.1, -0.05) is 6.07 Å². The van der Waals surface area contributed by atoms with E-state index in [1.165, 1.54) is 24.3 Å². The maximum Gasteiger partial charge on any atom is 0.269 e. The second-order valence-electron chi connectivity index (χ2n) is 6.19. The minimum Gasteiger partial charge on any atom is -0.339 e. The van der Waals surface area contributed by atoms with Gasteiger partial charge in [-0.05, 0) is 49.6 Å². The Morgan fingerprint density at radius 1 is 0.962 bits per heavy atom. The molecule has 2 amide bonds. The van der Waals surface area contributed by atoms with Gasteiger partial charge in [0.25, 0.3) is 17.5 Å². The van der Waals surface area contributed by atoms with Crippen molar-refractivity contribution in [2.24, 2.45) is 0 Å². The van der Waals surface area contributed by atoms with Crippen LogP contribution >= 0.6 is 0 Å². The van der Waals surface area contributed by atoms with Gasteiger partial charge < -0.3 is 10.2 Å². The Morgan fingerprint density at radius 2 is 1.65 bits per heavy atom. The van der Waals surface area contributed by atoms with Crippen molar-refractivity contribution >= 4 is 23.2 Å². The molecule has 1 fully saturated rings. The number of amides is 2. The number of anilines is 1. The number of nitro benzene ring substituents is 1. The van der Waals surface area contributed by atoms with Gasteiger partial charge in [-0.15, -0.1) is 0 Å². The second-order valence-corrected chi connectivity index (χ2v) is 6.19. The van der Waals surface area contributed by atoms with Crippen molar-refractivity contribution in [2.45, 2.75) is 19.3 Å². The first-order valence-corrected chi connectivity index (χ1v) is 8.50. The number of hydrogen-bond donors (Lipinski definition) is 1. The number of nitrogens with zero attached hydrogens (tertiary/aromatic N) is 2. The van der Waals surface area contributed by atoms with E-state index in [-0.39, 0.29) is 17.5 Å². The predicted molar refractivity (Wildman–Crippen MR) is 97.2 cm³/mol. The monoisotopic (exact) mass is 353 g/mol. The van der Waals surface area contributed by atoms with Crippen LogP contribution in [0.1, 0.15) is 40.0 Å². The van der Waals surface area contributed by atoms with Crippen LogP contribution in [0.25, 0.3) is 0 Å². The number of carbonyl (C=O) groups is 2. The van der Waals surface area contributed by atoms with E-state index in [4.69, 9.17) is 0 Å². The molecule has 0 spiro atoms. The molecule has 1 heterocycles. The van der Waals surface area contributed by atoms with E-state index in [0.717, 1.165) is 32.4 Å². The van der Waals surface area contributed by atoms with Crippen LogP contribution in [-0.4, -0.2) is 34.7 Å². The summed E-state index contributed by atoms with van der Waals surface area (Å²) in [5.41, 5.74) is 1.28. The first-order chi connectivity index (χ1) is 12.5. The van der Waals surface area contributed by atoms with E-state index in [1.807, 2.05) is 4.90 Å². The molecule has 0 unspecified atom stereocenters. The molecule has 2 aromatic carbocycles. The van der Waals surface area contributed by atoms with Crippen LogP contribution in [0.2, 0.25) is 0 Å². The number of piperidine rings is 1. The summed E-state index contributed by atoms with van der Waals surface area (Å²) in [4.78, 5) is 36.9. The summed E-state index contributed by atoms with van der Waals surface area (Å²) in [5, 5.41) is 13.4. The number of carbonyl (C=O) groups excluding carboxylic acids is 2. The van der Waals surface area contributed by atoms with Gasteiger partial charge in [-0.3, -0.25) is 19.7 Å². The standard InChI is InChI=1S/C19H19N3O4/c23-18(14-7-9-17(10-8-14)22(25)26)20-16-6-4-5-15(13-16)19(24)21-11-2-1-3-12-21/h4-10,13H,1-3,11-12H2,(H,20,23). The fourth-order valence-electron chi connectivity index (χ4n) is 2.95. The first-order valence-electron chi connectivity index (χ1n) is 8.50. The van der Waals surface area contributed by atoms with E-state index in [1.54, 1.807) is 24.3 Å². The Balaban J connectivity index is 1.70. The minimum atomic E-state index is -0.517. The highest BCUT2D eigenvalue weighted by Crippen LogP contribution is 2.18. The quantitative estimate of drug-likeness (QED) is 0.673. The largest absolute Gasteiger partial charge is 0.339 e. The normalized spacial score (nSPS) is 13.9. The second kappa shape index (κ2) is 7.77. The highest BCUT2D eigenvalue weighted by Gasteiger charge is 2.18. The van der Waals surface area contributed by atoms with Gasteiger partial charge in [0.05, 0.1) is 4.92 Å². The summed E-state index contributed by atoms with van der Waals surface area (Å²) < 4.78 is 0. The number of nitro groups is 1. The molecule has 2 aromatic rings. The summed E-state index contributed by atoms with van der Waals surface area (Å²) >= 11 is 0. The van der Waals surface area contributed by atoms with Gasteiger partial charge in [-0.25, -0.2) is 0 Å². The number of benzene rings is 2. The molecule has 1 N–H and O–H groups in total. The van der Waals surface area contributed by atoms with E-state index in [9.17, 15) is 19.7 Å². The molecule has 0 aromatic heterocycles. The number of nitrogens with one attached hydrogen (secondary N) is 1. The first kappa shape index (κ1) is 17.6. The van der Waals surface area contributed by atoms with Gasteiger partial charge in [0.2, 0.25) is 0 Å². The smallest absolute Gasteiger partial charge is 0.269 e. The molecule has 0 radical (unpaired) electrons. The van der Waals surface area contributed by atoms with Crippen molar-refractivity contribution in [1.82, 2.24) is 4.90 Å². The van der Waals surface area contributed by atoms with Crippen LogP contribution in [0, 0.1) is 10.1 Å². The Morgan fingerprint density at radius 3 is 2.31 bits per heavy atom. The lowest BCUT2D eigenvalue weighted by atomic mass is 10.1. The molecule has 7 nitrogen and oxygen atoms in total. The van der Waals surface area contributed by atoms with Crippen LogP contribution in [0.4, 0.5) is 11.4 Å². The number of likely N-dealkylation sites (tertiary alicyclic amines) is 1. The molecular formula is C19H19N3O4. The van der Waals surface area contributed by atoms with Crippen LogP contribution in [-0.2, 0) is 0 Å². The van der Waals surface area contributed by atoms with Gasteiger partial charge in [0.1, 0.15) is 0 Å². The van der Waals surface area contributed by atoms with Gasteiger partial charge >= 0.3 is 0 Å². The van der Waals surface area contributed by atoms with E-state index >= 15 is 0 Å². The molecule has 3 rings (SSSR count). The lowest BCUT2D eigenvalue weighted by Crippen LogP contribution is -2.35. The van der Waals surface area contributed by atoms with Gasteiger partial charge in [-0.2, -0.15) is 0 Å². The van der Waals surface area contributed by atoms with Crippen LogP contribution in [0.15, 0.2) is 48.5 Å². The molecule has 7 heteroatoms. The zero-order valence-electron chi connectivity index (χ0n) is 14.2. The zero-order valence-corrected chi connectivity index (χ0v) is 14.2. The van der Waals surface area contributed by atoms with Crippen LogP contribution in [0.3, 0.4) is 0 Å². The molecule has 0 saturated carbocycles. The predicted octanol–water partition coefficient (Wildman–Crippen LogP) is 3.47. The van der Waals surface area contributed by atoms with Crippen molar-refractivity contribution in [3.63, 3.8) is 0 Å². The minimum absolute atomic E-state index is 0.0314.